The molecule has 0 fully saturated rings. The average Bonchev–Trinajstić information content (AvgIpc) is 3.02. The van der Waals surface area contributed by atoms with Crippen molar-refractivity contribution in [3.05, 3.63) is 42.2 Å². The molecule has 0 aliphatic rings. The molecule has 5 nitrogen and oxygen atoms in total. The molecule has 0 aliphatic carbocycles. The zero-order valence-corrected chi connectivity index (χ0v) is 14.2. The highest BCUT2D eigenvalue weighted by Gasteiger charge is 2.14. The normalized spacial score (nSPS) is 11.0. The minimum Gasteiger partial charge on any atom is -0.439 e. The fourth-order valence-corrected chi connectivity index (χ4v) is 2.38. The first-order valence-corrected chi connectivity index (χ1v) is 8.32. The molecule has 6 heteroatoms. The highest BCUT2D eigenvalue weighted by Crippen LogP contribution is 2.21. The maximum Gasteiger partial charge on any atom is 0.234 e. The van der Waals surface area contributed by atoms with E-state index in [4.69, 9.17) is 4.42 Å². The van der Waals surface area contributed by atoms with Crippen LogP contribution in [-0.4, -0.2) is 35.4 Å². The molecule has 0 atom stereocenters. The van der Waals surface area contributed by atoms with Gasteiger partial charge in [0.1, 0.15) is 5.82 Å². The van der Waals surface area contributed by atoms with Gasteiger partial charge in [-0.3, -0.25) is 9.69 Å². The average molecular weight is 333 g/mol. The van der Waals surface area contributed by atoms with Crippen LogP contribution in [0.4, 0.5) is 4.39 Å². The van der Waals surface area contributed by atoms with Gasteiger partial charge in [0.05, 0.1) is 19.3 Å². The summed E-state index contributed by atoms with van der Waals surface area (Å²) in [6.45, 7) is 6.35. The predicted molar refractivity (Wildman–Crippen MR) is 90.8 cm³/mol. The van der Waals surface area contributed by atoms with Crippen molar-refractivity contribution in [3.8, 4) is 11.3 Å². The summed E-state index contributed by atoms with van der Waals surface area (Å²) >= 11 is 0. The van der Waals surface area contributed by atoms with Gasteiger partial charge in [0.25, 0.3) is 0 Å². The molecule has 1 aromatic carbocycles. The number of nitrogens with zero attached hydrogens (tertiary/aromatic N) is 2. The summed E-state index contributed by atoms with van der Waals surface area (Å²) in [5.74, 6) is 0.865. The van der Waals surface area contributed by atoms with Crippen molar-refractivity contribution in [2.24, 2.45) is 0 Å². The second-order valence-electron chi connectivity index (χ2n) is 5.69. The smallest absolute Gasteiger partial charge is 0.234 e. The Balaban J connectivity index is 1.99. The van der Waals surface area contributed by atoms with Crippen LogP contribution < -0.4 is 5.32 Å². The second-order valence-corrected chi connectivity index (χ2v) is 5.69. The Labute approximate surface area is 141 Å². The fourth-order valence-electron chi connectivity index (χ4n) is 2.38. The summed E-state index contributed by atoms with van der Waals surface area (Å²) in [7, 11) is 0. The number of aromatic nitrogens is 1. The van der Waals surface area contributed by atoms with Crippen LogP contribution in [0.2, 0.25) is 0 Å². The lowest BCUT2D eigenvalue weighted by atomic mass is 10.2. The first-order valence-electron chi connectivity index (χ1n) is 8.32. The van der Waals surface area contributed by atoms with E-state index in [9.17, 15) is 9.18 Å². The van der Waals surface area contributed by atoms with Crippen LogP contribution in [0.5, 0.6) is 0 Å². The van der Waals surface area contributed by atoms with Crippen molar-refractivity contribution < 1.29 is 13.6 Å². The number of nitrogens with one attached hydrogen (secondary N) is 1. The van der Waals surface area contributed by atoms with Gasteiger partial charge in [0.15, 0.2) is 5.76 Å². The number of hydrogen-bond donors (Lipinski definition) is 1. The minimum absolute atomic E-state index is 0.00983. The molecule has 1 N–H and O–H groups in total. The molecule has 1 heterocycles. The molecule has 0 aliphatic heterocycles. The van der Waals surface area contributed by atoms with Crippen molar-refractivity contribution in [3.63, 3.8) is 0 Å². The van der Waals surface area contributed by atoms with Gasteiger partial charge >= 0.3 is 0 Å². The van der Waals surface area contributed by atoms with Crippen LogP contribution in [0, 0.1) is 5.82 Å². The van der Waals surface area contributed by atoms with Gasteiger partial charge in [0, 0.05) is 12.1 Å². The summed E-state index contributed by atoms with van der Waals surface area (Å²) < 4.78 is 18.7. The SMILES string of the molecule is CCCNC(=O)CN(CCC)Cc1ncc(-c2ccc(F)cc2)o1. The Bertz CT molecular complexity index is 640. The second kappa shape index (κ2) is 9.17. The highest BCUT2D eigenvalue weighted by molar-refractivity contribution is 5.77. The number of rotatable bonds is 9. The third-order valence-corrected chi connectivity index (χ3v) is 3.52. The Hall–Kier alpha value is -2.21. The zero-order chi connectivity index (χ0) is 17.4. The Kier molecular flexibility index (Phi) is 6.93. The van der Waals surface area contributed by atoms with Gasteiger partial charge < -0.3 is 9.73 Å². The molecule has 24 heavy (non-hydrogen) atoms. The third-order valence-electron chi connectivity index (χ3n) is 3.52. The first-order chi connectivity index (χ1) is 11.6. The Morgan fingerprint density at radius 2 is 2.00 bits per heavy atom. The van der Waals surface area contributed by atoms with Crippen molar-refractivity contribution in [1.29, 1.82) is 0 Å². The van der Waals surface area contributed by atoms with Gasteiger partial charge in [-0.15, -0.1) is 0 Å². The van der Waals surface area contributed by atoms with Crippen LogP contribution in [0.25, 0.3) is 11.3 Å². The van der Waals surface area contributed by atoms with Crippen LogP contribution in [-0.2, 0) is 11.3 Å². The standard InChI is InChI=1S/C18H24FN3O2/c1-3-9-20-17(23)12-22(10-4-2)13-18-21-11-16(24-18)14-5-7-15(19)8-6-14/h5-8,11H,3-4,9-10,12-13H2,1-2H3,(H,20,23). The van der Waals surface area contributed by atoms with E-state index < -0.39 is 0 Å². The van der Waals surface area contributed by atoms with Gasteiger partial charge in [-0.2, -0.15) is 0 Å². The third kappa shape index (κ3) is 5.45. The molecule has 0 saturated carbocycles. The van der Waals surface area contributed by atoms with Crippen molar-refractivity contribution >= 4 is 5.91 Å². The Morgan fingerprint density at radius 3 is 2.67 bits per heavy atom. The van der Waals surface area contributed by atoms with E-state index in [1.807, 2.05) is 11.8 Å². The van der Waals surface area contributed by atoms with Crippen molar-refractivity contribution in [2.45, 2.75) is 33.2 Å². The fraction of sp³-hybridized carbons (Fsp3) is 0.444. The van der Waals surface area contributed by atoms with Crippen LogP contribution in [0.1, 0.15) is 32.6 Å². The molecule has 0 unspecified atom stereocenters. The summed E-state index contributed by atoms with van der Waals surface area (Å²) in [6, 6.07) is 6.08. The lowest BCUT2D eigenvalue weighted by Gasteiger charge is -2.19. The van der Waals surface area contributed by atoms with E-state index in [1.165, 1.54) is 12.1 Å². The van der Waals surface area contributed by atoms with Gasteiger partial charge in [0.2, 0.25) is 11.8 Å². The minimum atomic E-state index is -0.286. The van der Waals surface area contributed by atoms with E-state index >= 15 is 0 Å². The molecule has 2 rings (SSSR count). The summed E-state index contributed by atoms with van der Waals surface area (Å²) in [4.78, 5) is 18.2. The number of amides is 1. The first kappa shape index (κ1) is 18.1. The number of halogens is 1. The molecule has 130 valence electrons. The molecule has 0 spiro atoms. The highest BCUT2D eigenvalue weighted by atomic mass is 19.1. The van der Waals surface area contributed by atoms with Crippen LogP contribution >= 0.6 is 0 Å². The molecule has 0 bridgehead atoms. The molecular formula is C18H24FN3O2. The van der Waals surface area contributed by atoms with Crippen LogP contribution in [0.15, 0.2) is 34.9 Å². The Morgan fingerprint density at radius 1 is 1.25 bits per heavy atom. The van der Waals surface area contributed by atoms with Gasteiger partial charge in [-0.1, -0.05) is 13.8 Å². The van der Waals surface area contributed by atoms with Crippen molar-refractivity contribution in [2.75, 3.05) is 19.6 Å². The van der Waals surface area contributed by atoms with Gasteiger partial charge in [-0.05, 0) is 43.7 Å². The molecule has 0 radical (unpaired) electrons. The largest absolute Gasteiger partial charge is 0.439 e. The maximum atomic E-state index is 13.0. The maximum absolute atomic E-state index is 13.0. The topological polar surface area (TPSA) is 58.4 Å². The number of oxazole rings is 1. The number of hydrogen-bond acceptors (Lipinski definition) is 4. The van der Waals surface area contributed by atoms with E-state index in [-0.39, 0.29) is 11.7 Å². The number of carbonyl (C=O) groups is 1. The quantitative estimate of drug-likeness (QED) is 0.765. The molecular weight excluding hydrogens is 309 g/mol. The summed E-state index contributed by atoms with van der Waals surface area (Å²) in [6.07, 6.45) is 3.48. The molecule has 2 aromatic rings. The molecule has 1 amide bonds. The number of carbonyl (C=O) groups excluding carboxylic acids is 1. The van der Waals surface area contributed by atoms with E-state index in [1.54, 1.807) is 18.3 Å². The molecule has 1 aromatic heterocycles. The predicted octanol–water partition coefficient (Wildman–Crippen LogP) is 3.22. The monoisotopic (exact) mass is 333 g/mol. The summed E-state index contributed by atoms with van der Waals surface area (Å²) in [5.41, 5.74) is 0.776. The lowest BCUT2D eigenvalue weighted by molar-refractivity contribution is -0.122. The van der Waals surface area contributed by atoms with Crippen molar-refractivity contribution in [1.82, 2.24) is 15.2 Å². The van der Waals surface area contributed by atoms with Crippen LogP contribution in [0.3, 0.4) is 0 Å². The lowest BCUT2D eigenvalue weighted by Crippen LogP contribution is -2.37. The van der Waals surface area contributed by atoms with E-state index in [0.29, 0.717) is 31.3 Å². The van der Waals surface area contributed by atoms with E-state index in [2.05, 4.69) is 17.2 Å². The summed E-state index contributed by atoms with van der Waals surface area (Å²) in [5, 5.41) is 2.88. The van der Waals surface area contributed by atoms with Gasteiger partial charge in [-0.25, -0.2) is 9.37 Å². The zero-order valence-electron chi connectivity index (χ0n) is 14.2. The molecule has 0 saturated heterocycles. The van der Waals surface area contributed by atoms with E-state index in [0.717, 1.165) is 24.9 Å². The number of benzene rings is 1.